The summed E-state index contributed by atoms with van der Waals surface area (Å²) in [4.78, 5) is 7.26. The first-order valence-corrected chi connectivity index (χ1v) is 27.0. The molecule has 4 heterocycles. The number of pyridine rings is 1. The van der Waals surface area contributed by atoms with E-state index in [1.807, 2.05) is 6.20 Å². The fraction of sp³-hybridized carbons (Fsp3) is 0.348. The third kappa shape index (κ3) is 9.04. The fourth-order valence-electron chi connectivity index (χ4n) is 12.0. The van der Waals surface area contributed by atoms with E-state index in [-0.39, 0.29) is 21.7 Å². The second kappa shape index (κ2) is 17.5. The maximum atomic E-state index is 4.93. The zero-order valence-electron chi connectivity index (χ0n) is 46.1. The van der Waals surface area contributed by atoms with Crippen molar-refractivity contribution in [2.24, 2.45) is 17.3 Å². The highest BCUT2D eigenvalue weighted by Crippen LogP contribution is 2.53. The summed E-state index contributed by atoms with van der Waals surface area (Å²) in [6.07, 6.45) is 16.0. The van der Waals surface area contributed by atoms with E-state index in [0.717, 1.165) is 24.2 Å². The predicted molar refractivity (Wildman–Crippen MR) is 313 cm³/mol. The molecule has 372 valence electrons. The van der Waals surface area contributed by atoms with Crippen LogP contribution in [0, 0.1) is 17.3 Å². The van der Waals surface area contributed by atoms with Gasteiger partial charge in [-0.1, -0.05) is 162 Å². The lowest BCUT2D eigenvalue weighted by Crippen LogP contribution is -2.21. The third-order valence-electron chi connectivity index (χ3n) is 16.4. The summed E-state index contributed by atoms with van der Waals surface area (Å²) in [7, 11) is 2.19. The van der Waals surface area contributed by atoms with Gasteiger partial charge in [0.2, 0.25) is 0 Å². The van der Waals surface area contributed by atoms with Crippen molar-refractivity contribution >= 4 is 56.6 Å². The van der Waals surface area contributed by atoms with Crippen molar-refractivity contribution in [1.82, 2.24) is 19.0 Å². The van der Waals surface area contributed by atoms with Crippen LogP contribution in [0.4, 0.5) is 0 Å². The summed E-state index contributed by atoms with van der Waals surface area (Å²) >= 11 is 0. The molecule has 11 rings (SSSR count). The third-order valence-corrected chi connectivity index (χ3v) is 16.4. The molecule has 0 N–H and O–H groups in total. The monoisotopic (exact) mass is 961 g/mol. The molecule has 3 unspecified atom stereocenters. The number of aromatic nitrogens is 3. The van der Waals surface area contributed by atoms with E-state index in [1.54, 1.807) is 5.57 Å². The zero-order valence-corrected chi connectivity index (χ0v) is 46.1. The van der Waals surface area contributed by atoms with Crippen LogP contribution in [0.5, 0.6) is 0 Å². The molecule has 0 amide bonds. The Morgan fingerprint density at radius 2 is 1.07 bits per heavy atom. The van der Waals surface area contributed by atoms with Crippen molar-refractivity contribution < 1.29 is 0 Å². The van der Waals surface area contributed by atoms with Crippen molar-refractivity contribution in [2.45, 2.75) is 125 Å². The van der Waals surface area contributed by atoms with Crippen LogP contribution in [-0.2, 0) is 22.7 Å². The SMILES string of the molecule is CC1Cc2c(c3cc(C(C)(C)C)ccc3n2-c2ccc(/C=C/c3ccnc(C4=CC(C5CC5c5ccc(-n6c7ccc(C(C)(C)C)cc7c7cc(C(C)(C)C)ccc76)cc5)=CCN4C)c3)cc2)C=C1C(C)(C)C. The van der Waals surface area contributed by atoms with Crippen LogP contribution >= 0.6 is 0 Å². The number of likely N-dealkylation sites (N-methyl/N-ethyl adjacent to an activating group) is 1. The Bertz CT molecular complexity index is 3520. The van der Waals surface area contributed by atoms with Gasteiger partial charge < -0.3 is 14.0 Å². The van der Waals surface area contributed by atoms with Crippen molar-refractivity contribution in [2.75, 3.05) is 13.6 Å². The lowest BCUT2D eigenvalue weighted by atomic mass is 9.74. The topological polar surface area (TPSA) is 26.0 Å². The molecule has 3 atom stereocenters. The fourth-order valence-corrected chi connectivity index (χ4v) is 12.0. The van der Waals surface area contributed by atoms with E-state index in [2.05, 4.69) is 257 Å². The van der Waals surface area contributed by atoms with Gasteiger partial charge in [0.05, 0.1) is 27.9 Å². The number of nitrogens with zero attached hydrogens (tertiary/aromatic N) is 4. The molecule has 0 bridgehead atoms. The number of rotatable bonds is 7. The van der Waals surface area contributed by atoms with E-state index in [9.17, 15) is 0 Å². The van der Waals surface area contributed by atoms with Crippen LogP contribution in [0.3, 0.4) is 0 Å². The van der Waals surface area contributed by atoms with Crippen LogP contribution in [0.15, 0.2) is 145 Å². The van der Waals surface area contributed by atoms with Gasteiger partial charge in [0, 0.05) is 58.6 Å². The molecule has 8 aromatic rings. The molecule has 5 aromatic carbocycles. The second-order valence-electron chi connectivity index (χ2n) is 26.0. The van der Waals surface area contributed by atoms with Crippen LogP contribution in [0.25, 0.3) is 68.0 Å². The molecule has 0 saturated heterocycles. The van der Waals surface area contributed by atoms with Gasteiger partial charge in [-0.3, -0.25) is 4.98 Å². The van der Waals surface area contributed by atoms with E-state index < -0.39 is 0 Å². The molecule has 0 spiro atoms. The Morgan fingerprint density at radius 1 is 0.534 bits per heavy atom. The number of fused-ring (bicyclic) bond motifs is 6. The summed E-state index contributed by atoms with van der Waals surface area (Å²) < 4.78 is 5.00. The Kier molecular flexibility index (Phi) is 11.7. The van der Waals surface area contributed by atoms with E-state index >= 15 is 0 Å². The molecule has 73 heavy (non-hydrogen) atoms. The van der Waals surface area contributed by atoms with Crippen molar-refractivity contribution in [3.63, 3.8) is 0 Å². The molecule has 1 aliphatic heterocycles. The number of benzene rings is 5. The summed E-state index contributed by atoms with van der Waals surface area (Å²) in [5.41, 5.74) is 22.4. The molecule has 4 nitrogen and oxygen atoms in total. The molecule has 2 aliphatic carbocycles. The summed E-state index contributed by atoms with van der Waals surface area (Å²) in [6, 6.07) is 44.3. The van der Waals surface area contributed by atoms with Crippen LogP contribution in [-0.4, -0.2) is 32.6 Å². The standard InChI is InChI=1S/C69H76N4/c1-43-35-64-58(42-59(43)69(11,12)13)57-40-50(68(8,9)10)23-30-63(57)73(64)51-24-17-44(18-25-51)15-16-45-31-33-70-60(36-45)65-37-47(32-34-71(65)14)54-41-53(54)46-19-26-52(27-20-46)72-61-28-21-48(66(2,3)4)38-55(61)56-39-49(67(5,6)7)22-29-62(56)72/h15-33,36-40,42-43,53-54H,34-35,41H2,1-14H3/b16-15+. The van der Waals surface area contributed by atoms with Gasteiger partial charge >= 0.3 is 0 Å². The smallest absolute Gasteiger partial charge is 0.0869 e. The van der Waals surface area contributed by atoms with Crippen molar-refractivity contribution in [1.29, 1.82) is 0 Å². The quantitative estimate of drug-likeness (QED) is 0.159. The zero-order chi connectivity index (χ0) is 51.5. The largest absolute Gasteiger partial charge is 0.369 e. The molecular weight excluding hydrogens is 885 g/mol. The lowest BCUT2D eigenvalue weighted by molar-refractivity contribution is 0.432. The average molecular weight is 961 g/mol. The minimum Gasteiger partial charge on any atom is -0.369 e. The molecule has 3 aromatic heterocycles. The Hall–Kier alpha value is -6.65. The summed E-state index contributed by atoms with van der Waals surface area (Å²) in [6.45, 7) is 31.2. The summed E-state index contributed by atoms with van der Waals surface area (Å²) in [5.74, 6) is 1.51. The highest BCUT2D eigenvalue weighted by Gasteiger charge is 2.41. The molecule has 1 fully saturated rings. The van der Waals surface area contributed by atoms with Crippen LogP contribution in [0.1, 0.15) is 153 Å². The van der Waals surface area contributed by atoms with Gasteiger partial charge in [-0.2, -0.15) is 0 Å². The number of hydrogen-bond acceptors (Lipinski definition) is 2. The molecular formula is C69H76N4. The second-order valence-corrected chi connectivity index (χ2v) is 26.0. The van der Waals surface area contributed by atoms with Gasteiger partial charge in [-0.15, -0.1) is 0 Å². The first-order chi connectivity index (χ1) is 34.5. The molecule has 3 aliphatic rings. The van der Waals surface area contributed by atoms with Crippen LogP contribution < -0.4 is 0 Å². The molecule has 4 heteroatoms. The Labute approximate surface area is 435 Å². The number of hydrogen-bond donors (Lipinski definition) is 0. The van der Waals surface area contributed by atoms with E-state index in [0.29, 0.717) is 17.8 Å². The maximum Gasteiger partial charge on any atom is 0.0869 e. The van der Waals surface area contributed by atoms with Gasteiger partial charge in [-0.05, 0) is 170 Å². The molecule has 1 saturated carbocycles. The number of allylic oxidation sites excluding steroid dienone is 3. The normalized spacial score (nSPS) is 18.7. The average Bonchev–Trinajstić information content (AvgIpc) is 3.99. The summed E-state index contributed by atoms with van der Waals surface area (Å²) in [5, 5.41) is 4.02. The van der Waals surface area contributed by atoms with Crippen LogP contribution in [0.2, 0.25) is 0 Å². The van der Waals surface area contributed by atoms with Gasteiger partial charge in [-0.25, -0.2) is 0 Å². The highest BCUT2D eigenvalue weighted by atomic mass is 15.1. The predicted octanol–water partition coefficient (Wildman–Crippen LogP) is 17.8. The maximum absolute atomic E-state index is 4.93. The first kappa shape index (κ1) is 48.6. The minimum atomic E-state index is 0.0756. The Morgan fingerprint density at radius 3 is 1.64 bits per heavy atom. The first-order valence-electron chi connectivity index (χ1n) is 27.0. The van der Waals surface area contributed by atoms with Crippen molar-refractivity contribution in [3.8, 4) is 11.4 Å². The van der Waals surface area contributed by atoms with Gasteiger partial charge in [0.1, 0.15) is 0 Å². The highest BCUT2D eigenvalue weighted by molar-refractivity contribution is 6.10. The molecule has 0 radical (unpaired) electrons. The Balaban J connectivity index is 0.818. The van der Waals surface area contributed by atoms with E-state index in [1.165, 1.54) is 101 Å². The van der Waals surface area contributed by atoms with Crippen molar-refractivity contribution in [3.05, 3.63) is 195 Å². The van der Waals surface area contributed by atoms with E-state index in [4.69, 9.17) is 4.98 Å². The van der Waals surface area contributed by atoms with Gasteiger partial charge in [0.15, 0.2) is 0 Å². The lowest BCUT2D eigenvalue weighted by Gasteiger charge is -2.32. The minimum absolute atomic E-state index is 0.0756. The van der Waals surface area contributed by atoms with Gasteiger partial charge in [0.25, 0.3) is 0 Å².